The zero-order valence-electron chi connectivity index (χ0n) is 10.8. The van der Waals surface area contributed by atoms with Gasteiger partial charge in [-0.1, -0.05) is 0 Å². The molecule has 0 spiro atoms. The number of rotatable bonds is 4. The lowest BCUT2D eigenvalue weighted by Crippen LogP contribution is -2.39. The predicted octanol–water partition coefficient (Wildman–Crippen LogP) is 1.25. The van der Waals surface area contributed by atoms with Gasteiger partial charge in [0.25, 0.3) is 0 Å². The summed E-state index contributed by atoms with van der Waals surface area (Å²) in [5.74, 6) is 0.588. The van der Waals surface area contributed by atoms with Crippen LogP contribution < -0.4 is 11.1 Å². The number of nitrogens with zero attached hydrogens (tertiary/aromatic N) is 2. The lowest BCUT2D eigenvalue weighted by atomic mass is 10.2. The lowest BCUT2D eigenvalue weighted by molar-refractivity contribution is -0.130. The molecule has 0 fully saturated rings. The molecule has 0 radical (unpaired) electrons. The minimum absolute atomic E-state index is 0.0233. The van der Waals surface area contributed by atoms with Crippen LogP contribution in [0.5, 0.6) is 0 Å². The van der Waals surface area contributed by atoms with E-state index in [2.05, 4.69) is 10.3 Å². The molecule has 3 N–H and O–H groups in total. The largest absolute Gasteiger partial charge is 0.396 e. The summed E-state index contributed by atoms with van der Waals surface area (Å²) in [6, 6.07) is 1.50. The molecular weight excluding hydrogens is 216 g/mol. The van der Waals surface area contributed by atoms with Crippen molar-refractivity contribution in [2.75, 3.05) is 24.6 Å². The van der Waals surface area contributed by atoms with Gasteiger partial charge in [0.1, 0.15) is 11.9 Å². The minimum Gasteiger partial charge on any atom is -0.396 e. The molecule has 0 aliphatic carbocycles. The molecule has 0 saturated heterocycles. The van der Waals surface area contributed by atoms with E-state index in [0.717, 1.165) is 5.56 Å². The number of aryl methyl sites for hydroxylation is 1. The van der Waals surface area contributed by atoms with E-state index in [9.17, 15) is 4.79 Å². The topological polar surface area (TPSA) is 71.2 Å². The number of carbonyl (C=O) groups is 1. The molecule has 94 valence electrons. The molecule has 1 aromatic heterocycles. The molecule has 5 heteroatoms. The third-order valence-corrected chi connectivity index (χ3v) is 2.78. The van der Waals surface area contributed by atoms with Gasteiger partial charge >= 0.3 is 0 Å². The van der Waals surface area contributed by atoms with E-state index in [0.29, 0.717) is 18.1 Å². The summed E-state index contributed by atoms with van der Waals surface area (Å²) >= 11 is 0. The first-order chi connectivity index (χ1) is 7.97. The summed E-state index contributed by atoms with van der Waals surface area (Å²) < 4.78 is 0. The van der Waals surface area contributed by atoms with Crippen LogP contribution in [0.25, 0.3) is 0 Å². The van der Waals surface area contributed by atoms with Crippen LogP contribution in [0.3, 0.4) is 0 Å². The highest BCUT2D eigenvalue weighted by Crippen LogP contribution is 2.19. The zero-order valence-corrected chi connectivity index (χ0v) is 10.8. The monoisotopic (exact) mass is 236 g/mol. The fraction of sp³-hybridized carbons (Fsp3) is 0.500. The highest BCUT2D eigenvalue weighted by molar-refractivity contribution is 5.84. The van der Waals surface area contributed by atoms with E-state index in [1.165, 1.54) is 0 Å². The number of nitrogen functional groups attached to an aromatic ring is 1. The smallest absolute Gasteiger partial charge is 0.244 e. The van der Waals surface area contributed by atoms with Crippen LogP contribution in [-0.2, 0) is 4.79 Å². The molecule has 0 aromatic carbocycles. The van der Waals surface area contributed by atoms with Gasteiger partial charge in [-0.2, -0.15) is 0 Å². The average Bonchev–Trinajstić information content (AvgIpc) is 2.32. The van der Waals surface area contributed by atoms with Gasteiger partial charge in [-0.25, -0.2) is 4.98 Å². The van der Waals surface area contributed by atoms with Crippen molar-refractivity contribution in [3.8, 4) is 0 Å². The van der Waals surface area contributed by atoms with Crippen molar-refractivity contribution in [2.24, 2.45) is 0 Å². The molecule has 1 heterocycles. The highest BCUT2D eigenvalue weighted by Gasteiger charge is 2.17. The van der Waals surface area contributed by atoms with Crippen molar-refractivity contribution in [2.45, 2.75) is 26.8 Å². The number of likely N-dealkylation sites (N-methyl/N-ethyl adjacent to an activating group) is 1. The van der Waals surface area contributed by atoms with Gasteiger partial charge in [0.05, 0.1) is 5.69 Å². The fourth-order valence-corrected chi connectivity index (χ4v) is 1.44. The number of anilines is 2. The van der Waals surface area contributed by atoms with Crippen molar-refractivity contribution in [3.63, 3.8) is 0 Å². The molecule has 1 atom stereocenters. The number of hydrogen-bond donors (Lipinski definition) is 2. The predicted molar refractivity (Wildman–Crippen MR) is 69.8 cm³/mol. The summed E-state index contributed by atoms with van der Waals surface area (Å²) in [5.41, 5.74) is 7.43. The van der Waals surface area contributed by atoms with Crippen LogP contribution in [0, 0.1) is 6.92 Å². The van der Waals surface area contributed by atoms with Crippen molar-refractivity contribution >= 4 is 17.4 Å². The van der Waals surface area contributed by atoms with Crippen LogP contribution in [0.15, 0.2) is 12.3 Å². The minimum atomic E-state index is -0.337. The van der Waals surface area contributed by atoms with Gasteiger partial charge in [0.2, 0.25) is 5.91 Å². The first kappa shape index (κ1) is 13.3. The van der Waals surface area contributed by atoms with Gasteiger partial charge < -0.3 is 16.0 Å². The third-order valence-electron chi connectivity index (χ3n) is 2.78. The summed E-state index contributed by atoms with van der Waals surface area (Å²) in [4.78, 5) is 17.7. The fourth-order valence-electron chi connectivity index (χ4n) is 1.44. The Labute approximate surface area is 102 Å². The number of nitrogens with two attached hydrogens (primary N) is 1. The standard InChI is InChI=1S/C12H20N4O/c1-5-16(4)12(17)9(3)15-11-10(13)8(2)6-7-14-11/h6-7,9H,5,13H2,1-4H3,(H,14,15). The van der Waals surface area contributed by atoms with E-state index < -0.39 is 0 Å². The van der Waals surface area contributed by atoms with E-state index >= 15 is 0 Å². The molecule has 17 heavy (non-hydrogen) atoms. The Hall–Kier alpha value is -1.78. The number of amides is 1. The second-order valence-corrected chi connectivity index (χ2v) is 4.11. The molecule has 1 amide bonds. The highest BCUT2D eigenvalue weighted by atomic mass is 16.2. The maximum absolute atomic E-state index is 11.9. The molecular formula is C12H20N4O. The number of aromatic nitrogens is 1. The maximum Gasteiger partial charge on any atom is 0.244 e. The molecule has 0 aliphatic rings. The van der Waals surface area contributed by atoms with Crippen molar-refractivity contribution in [3.05, 3.63) is 17.8 Å². The summed E-state index contributed by atoms with van der Waals surface area (Å²) in [7, 11) is 1.77. The number of carbonyl (C=O) groups excluding carboxylic acids is 1. The van der Waals surface area contributed by atoms with Crippen LogP contribution >= 0.6 is 0 Å². The second kappa shape index (κ2) is 5.52. The number of hydrogen-bond acceptors (Lipinski definition) is 4. The van der Waals surface area contributed by atoms with E-state index in [1.807, 2.05) is 19.9 Å². The Bertz CT molecular complexity index is 405. The summed E-state index contributed by atoms with van der Waals surface area (Å²) in [6.07, 6.45) is 1.68. The lowest BCUT2D eigenvalue weighted by Gasteiger charge is -2.21. The van der Waals surface area contributed by atoms with Gasteiger partial charge in [0, 0.05) is 19.8 Å². The first-order valence-corrected chi connectivity index (χ1v) is 5.70. The van der Waals surface area contributed by atoms with Crippen LogP contribution in [-0.4, -0.2) is 35.4 Å². The number of pyridine rings is 1. The quantitative estimate of drug-likeness (QED) is 0.825. The molecule has 0 bridgehead atoms. The van der Waals surface area contributed by atoms with Gasteiger partial charge in [-0.05, 0) is 32.4 Å². The van der Waals surface area contributed by atoms with Crippen LogP contribution in [0.2, 0.25) is 0 Å². The molecule has 0 aliphatic heterocycles. The summed E-state index contributed by atoms with van der Waals surface area (Å²) in [5, 5.41) is 3.04. The Kier molecular flexibility index (Phi) is 4.31. The van der Waals surface area contributed by atoms with E-state index in [4.69, 9.17) is 5.73 Å². The SMILES string of the molecule is CCN(C)C(=O)C(C)Nc1nccc(C)c1N. The molecule has 1 rings (SSSR count). The number of nitrogens with one attached hydrogen (secondary N) is 1. The Morgan fingerprint density at radius 2 is 2.29 bits per heavy atom. The van der Waals surface area contributed by atoms with Crippen LogP contribution in [0.4, 0.5) is 11.5 Å². The van der Waals surface area contributed by atoms with Crippen molar-refractivity contribution < 1.29 is 4.79 Å². The molecule has 1 unspecified atom stereocenters. The summed E-state index contributed by atoms with van der Waals surface area (Å²) in [6.45, 7) is 6.33. The average molecular weight is 236 g/mol. The van der Waals surface area contributed by atoms with Crippen molar-refractivity contribution in [1.29, 1.82) is 0 Å². The zero-order chi connectivity index (χ0) is 13.0. The Morgan fingerprint density at radius 1 is 1.65 bits per heavy atom. The van der Waals surface area contributed by atoms with E-state index in [-0.39, 0.29) is 11.9 Å². The maximum atomic E-state index is 11.9. The third kappa shape index (κ3) is 3.09. The van der Waals surface area contributed by atoms with E-state index in [1.54, 1.807) is 25.1 Å². The van der Waals surface area contributed by atoms with Crippen LogP contribution in [0.1, 0.15) is 19.4 Å². The van der Waals surface area contributed by atoms with Gasteiger partial charge in [0.15, 0.2) is 0 Å². The molecule has 1 aromatic rings. The van der Waals surface area contributed by atoms with Gasteiger partial charge in [-0.3, -0.25) is 4.79 Å². The Morgan fingerprint density at radius 3 is 2.88 bits per heavy atom. The first-order valence-electron chi connectivity index (χ1n) is 5.70. The second-order valence-electron chi connectivity index (χ2n) is 4.11. The molecule has 5 nitrogen and oxygen atoms in total. The van der Waals surface area contributed by atoms with Gasteiger partial charge in [-0.15, -0.1) is 0 Å². The normalized spacial score (nSPS) is 12.0. The van der Waals surface area contributed by atoms with Crippen molar-refractivity contribution in [1.82, 2.24) is 9.88 Å². The molecule has 0 saturated carbocycles. The Balaban J connectivity index is 2.78.